The van der Waals surface area contributed by atoms with E-state index in [0.717, 1.165) is 12.8 Å². The second kappa shape index (κ2) is 9.53. The molecule has 1 aromatic carbocycles. The van der Waals surface area contributed by atoms with Crippen molar-refractivity contribution in [3.05, 3.63) is 65.7 Å². The second-order valence-corrected chi connectivity index (χ2v) is 6.70. The summed E-state index contributed by atoms with van der Waals surface area (Å²) in [5.74, 6) is -0.0117. The Balaban J connectivity index is 2.37. The van der Waals surface area contributed by atoms with Crippen molar-refractivity contribution in [2.24, 2.45) is 0 Å². The molecule has 1 aromatic heterocycles. The lowest BCUT2D eigenvalue weighted by Crippen LogP contribution is -2.51. The van der Waals surface area contributed by atoms with Crippen LogP contribution in [0.1, 0.15) is 61.5 Å². The first-order valence-corrected chi connectivity index (χ1v) is 9.50. The van der Waals surface area contributed by atoms with E-state index in [0.29, 0.717) is 23.0 Å². The van der Waals surface area contributed by atoms with Crippen molar-refractivity contribution in [1.29, 1.82) is 0 Å². The minimum absolute atomic E-state index is 0.156. The van der Waals surface area contributed by atoms with E-state index in [9.17, 15) is 9.18 Å². The highest BCUT2D eigenvalue weighted by molar-refractivity contribution is 7.80. The molecule has 0 saturated heterocycles. The summed E-state index contributed by atoms with van der Waals surface area (Å²) < 4.78 is 15.0. The number of halogens is 1. The summed E-state index contributed by atoms with van der Waals surface area (Å²) in [6, 6.07) is 9.04. The number of pyridine rings is 1. The first-order chi connectivity index (χ1) is 12.5. The fraction of sp³-hybridized carbons (Fsp3) is 0.381. The number of benzene rings is 1. The van der Waals surface area contributed by atoms with Crippen molar-refractivity contribution in [3.63, 3.8) is 0 Å². The van der Waals surface area contributed by atoms with Gasteiger partial charge in [0, 0.05) is 24.2 Å². The topological polar surface area (TPSA) is 33.0 Å². The van der Waals surface area contributed by atoms with Gasteiger partial charge in [-0.05, 0) is 55.5 Å². The van der Waals surface area contributed by atoms with E-state index in [1.807, 2.05) is 23.9 Å². The van der Waals surface area contributed by atoms with Gasteiger partial charge in [-0.2, -0.15) is 4.57 Å². The monoisotopic (exact) mass is 373 g/mol. The van der Waals surface area contributed by atoms with Gasteiger partial charge in [-0.25, -0.2) is 4.39 Å². The molecule has 1 heterocycles. The van der Waals surface area contributed by atoms with Crippen molar-refractivity contribution in [2.45, 2.75) is 45.6 Å². The summed E-state index contributed by atoms with van der Waals surface area (Å²) in [7, 11) is 0. The molecule has 1 N–H and O–H groups in total. The molecule has 0 amide bonds. The quantitative estimate of drug-likeness (QED) is 0.423. The third kappa shape index (κ3) is 4.73. The molecular formula is C21H26FN2OS+. The molecule has 0 aliphatic rings. The first-order valence-electron chi connectivity index (χ1n) is 9.09. The third-order valence-electron chi connectivity index (χ3n) is 4.61. The van der Waals surface area contributed by atoms with E-state index < -0.39 is 6.04 Å². The number of thiocarbonyl (C=S) groups is 1. The maximum Gasteiger partial charge on any atom is 0.270 e. The number of hydrogen-bond donors (Lipinski definition) is 1. The Bertz CT molecular complexity index is 740. The molecule has 0 fully saturated rings. The van der Waals surface area contributed by atoms with Crippen molar-refractivity contribution < 1.29 is 13.8 Å². The fourth-order valence-electron chi connectivity index (χ4n) is 3.09. The van der Waals surface area contributed by atoms with Gasteiger partial charge in [0.1, 0.15) is 5.82 Å². The van der Waals surface area contributed by atoms with Crippen molar-refractivity contribution >= 4 is 23.0 Å². The van der Waals surface area contributed by atoms with Crippen LogP contribution >= 0.6 is 12.2 Å². The Morgan fingerprint density at radius 2 is 1.65 bits per heavy atom. The Labute approximate surface area is 160 Å². The number of nitrogens with one attached hydrogen (secondary N) is 1. The van der Waals surface area contributed by atoms with Gasteiger partial charge in [0.05, 0.1) is 0 Å². The second-order valence-electron chi connectivity index (χ2n) is 6.26. The van der Waals surface area contributed by atoms with Crippen LogP contribution in [0, 0.1) is 5.82 Å². The Kier molecular flexibility index (Phi) is 7.39. The number of nitrogens with zero attached hydrogens (tertiary/aromatic N) is 1. The van der Waals surface area contributed by atoms with Crippen LogP contribution in [0.4, 0.5) is 4.39 Å². The predicted molar refractivity (Wildman–Crippen MR) is 106 cm³/mol. The van der Waals surface area contributed by atoms with Gasteiger partial charge >= 0.3 is 0 Å². The molecule has 0 spiro atoms. The summed E-state index contributed by atoms with van der Waals surface area (Å²) in [5.41, 5.74) is 1.70. The fourth-order valence-corrected chi connectivity index (χ4v) is 3.46. The Morgan fingerprint density at radius 1 is 1.08 bits per heavy atom. The molecule has 3 nitrogen and oxygen atoms in total. The minimum Gasteiger partial charge on any atom is -0.374 e. The van der Waals surface area contributed by atoms with Crippen LogP contribution < -0.4 is 9.88 Å². The number of ketones is 1. The van der Waals surface area contributed by atoms with Crippen LogP contribution in [0.3, 0.4) is 0 Å². The van der Waals surface area contributed by atoms with Gasteiger partial charge < -0.3 is 5.32 Å². The molecule has 0 bridgehead atoms. The number of Topliss-reactive ketones (excluding diaryl/α,β-unsaturated/α-hetero) is 1. The van der Waals surface area contributed by atoms with Crippen LogP contribution in [-0.4, -0.2) is 17.3 Å². The third-order valence-corrected chi connectivity index (χ3v) is 4.98. The number of hydrogen-bond acceptors (Lipinski definition) is 2. The molecule has 1 atom stereocenters. The lowest BCUT2D eigenvalue weighted by atomic mass is 9.95. The van der Waals surface area contributed by atoms with E-state index in [-0.39, 0.29) is 11.6 Å². The van der Waals surface area contributed by atoms with Gasteiger partial charge in [-0.1, -0.05) is 26.1 Å². The van der Waals surface area contributed by atoms with Crippen LogP contribution in [0.5, 0.6) is 0 Å². The average molecular weight is 374 g/mol. The average Bonchev–Trinajstić information content (AvgIpc) is 2.65. The number of likely N-dealkylation sites (N-methyl/N-ethyl adjacent to an activating group) is 1. The summed E-state index contributed by atoms with van der Waals surface area (Å²) >= 11 is 5.46. The van der Waals surface area contributed by atoms with E-state index in [1.165, 1.54) is 29.8 Å². The normalized spacial score (nSPS) is 12.0. The standard InChI is InChI=1S/C21H25FN2OS/c1-4-15(5-2)16-11-13-24(14-12-16)19(21(26)23-6-3)20(25)17-7-9-18(22)10-8-17/h7-15,19H,4-6H2,1-3H3/p+1/t19-/m1/s1. The Morgan fingerprint density at radius 3 is 2.15 bits per heavy atom. The van der Waals surface area contributed by atoms with E-state index in [4.69, 9.17) is 12.2 Å². The zero-order chi connectivity index (χ0) is 19.1. The highest BCUT2D eigenvalue weighted by Gasteiger charge is 2.33. The van der Waals surface area contributed by atoms with Crippen LogP contribution in [0.25, 0.3) is 0 Å². The smallest absolute Gasteiger partial charge is 0.270 e. The molecule has 0 radical (unpaired) electrons. The molecular weight excluding hydrogens is 347 g/mol. The largest absolute Gasteiger partial charge is 0.374 e. The van der Waals surface area contributed by atoms with Crippen LogP contribution in [0.2, 0.25) is 0 Å². The van der Waals surface area contributed by atoms with Crippen LogP contribution in [-0.2, 0) is 0 Å². The molecule has 2 rings (SSSR count). The highest BCUT2D eigenvalue weighted by atomic mass is 32.1. The summed E-state index contributed by atoms with van der Waals surface area (Å²) in [6.07, 6.45) is 5.97. The molecule has 0 saturated carbocycles. The van der Waals surface area contributed by atoms with E-state index >= 15 is 0 Å². The molecule has 2 aromatic rings. The number of carbonyl (C=O) groups is 1. The van der Waals surface area contributed by atoms with Crippen molar-refractivity contribution in [2.75, 3.05) is 6.54 Å². The van der Waals surface area contributed by atoms with E-state index in [2.05, 4.69) is 31.3 Å². The number of aromatic nitrogens is 1. The van der Waals surface area contributed by atoms with Crippen LogP contribution in [0.15, 0.2) is 48.8 Å². The van der Waals surface area contributed by atoms with Gasteiger partial charge in [0.15, 0.2) is 17.4 Å². The highest BCUT2D eigenvalue weighted by Crippen LogP contribution is 2.22. The number of carbonyl (C=O) groups excluding carboxylic acids is 1. The lowest BCUT2D eigenvalue weighted by molar-refractivity contribution is -0.692. The molecule has 0 aliphatic heterocycles. The van der Waals surface area contributed by atoms with Gasteiger partial charge in [-0.15, -0.1) is 0 Å². The zero-order valence-electron chi connectivity index (χ0n) is 15.5. The SMILES string of the molecule is CCNC(=S)[C@@H](C(=O)c1ccc(F)cc1)[n+]1ccc(C(CC)CC)cc1. The Hall–Kier alpha value is -2.14. The lowest BCUT2D eigenvalue weighted by Gasteiger charge is -2.16. The van der Waals surface area contributed by atoms with Gasteiger partial charge in [-0.3, -0.25) is 4.79 Å². The van der Waals surface area contributed by atoms with Crippen molar-refractivity contribution in [3.8, 4) is 0 Å². The summed E-state index contributed by atoms with van der Waals surface area (Å²) in [5, 5.41) is 3.08. The molecule has 0 aliphatic carbocycles. The van der Waals surface area contributed by atoms with Crippen molar-refractivity contribution in [1.82, 2.24) is 5.32 Å². The zero-order valence-corrected chi connectivity index (χ0v) is 16.4. The van der Waals surface area contributed by atoms with E-state index in [1.54, 1.807) is 0 Å². The maximum absolute atomic E-state index is 13.2. The summed E-state index contributed by atoms with van der Waals surface area (Å²) in [4.78, 5) is 13.5. The minimum atomic E-state index is -0.647. The predicted octanol–water partition coefficient (Wildman–Crippen LogP) is 4.38. The molecule has 5 heteroatoms. The van der Waals surface area contributed by atoms with Gasteiger partial charge in [0.25, 0.3) is 6.04 Å². The maximum atomic E-state index is 13.2. The van der Waals surface area contributed by atoms with Gasteiger partial charge in [0.2, 0.25) is 5.78 Å². The molecule has 26 heavy (non-hydrogen) atoms. The summed E-state index contributed by atoms with van der Waals surface area (Å²) in [6.45, 7) is 6.93. The molecule has 0 unspecified atom stereocenters. The number of rotatable bonds is 8. The molecule has 138 valence electrons. The first kappa shape index (κ1) is 20.2.